The van der Waals surface area contributed by atoms with Crippen molar-refractivity contribution < 1.29 is 0 Å². The molecule has 0 heterocycles. The molecule has 0 unspecified atom stereocenters. The maximum atomic E-state index is 5.67. The Morgan fingerprint density at radius 3 is 2.60 bits per heavy atom. The standard InChI is InChI=1S/C8H12IN/c1-3-5-8(10)7(4-2)6-9/h3-5H,2,6,10H2,1H3/b5-3-,8-7-. The van der Waals surface area contributed by atoms with E-state index in [1.165, 1.54) is 0 Å². The lowest BCUT2D eigenvalue weighted by Gasteiger charge is -1.98. The molecule has 0 aliphatic heterocycles. The molecule has 0 aromatic rings. The van der Waals surface area contributed by atoms with E-state index in [9.17, 15) is 0 Å². The fourth-order valence-corrected chi connectivity index (χ4v) is 1.29. The van der Waals surface area contributed by atoms with Crippen molar-refractivity contribution in [3.05, 3.63) is 36.1 Å². The average Bonchev–Trinajstić information content (AvgIpc) is 1.91. The highest BCUT2D eigenvalue weighted by Gasteiger charge is 1.91. The minimum Gasteiger partial charge on any atom is -0.398 e. The highest BCUT2D eigenvalue weighted by atomic mass is 127. The van der Waals surface area contributed by atoms with Gasteiger partial charge in [-0.2, -0.15) is 0 Å². The molecule has 0 spiro atoms. The maximum Gasteiger partial charge on any atom is 0.0350 e. The van der Waals surface area contributed by atoms with Crippen molar-refractivity contribution in [1.82, 2.24) is 0 Å². The Morgan fingerprint density at radius 1 is 1.70 bits per heavy atom. The highest BCUT2D eigenvalue weighted by Crippen LogP contribution is 2.05. The number of hydrogen-bond donors (Lipinski definition) is 1. The molecule has 10 heavy (non-hydrogen) atoms. The van der Waals surface area contributed by atoms with Crippen LogP contribution in [-0.2, 0) is 0 Å². The van der Waals surface area contributed by atoms with Crippen molar-refractivity contribution in [2.24, 2.45) is 5.73 Å². The SMILES string of the molecule is C=C/C(CI)=C(N)\C=C/C. The molecule has 0 bridgehead atoms. The Morgan fingerprint density at radius 2 is 2.30 bits per heavy atom. The largest absolute Gasteiger partial charge is 0.398 e. The van der Waals surface area contributed by atoms with E-state index in [0.29, 0.717) is 0 Å². The molecule has 0 atom stereocenters. The van der Waals surface area contributed by atoms with Crippen molar-refractivity contribution in [2.75, 3.05) is 4.43 Å². The Labute approximate surface area is 75.8 Å². The molecule has 56 valence electrons. The fourth-order valence-electron chi connectivity index (χ4n) is 0.536. The number of rotatable bonds is 3. The summed E-state index contributed by atoms with van der Waals surface area (Å²) in [7, 11) is 0. The Balaban J connectivity index is 4.42. The molecule has 0 saturated heterocycles. The van der Waals surface area contributed by atoms with Gasteiger partial charge >= 0.3 is 0 Å². The third-order valence-corrected chi connectivity index (χ3v) is 1.93. The van der Waals surface area contributed by atoms with Crippen molar-refractivity contribution >= 4 is 22.6 Å². The first-order valence-corrected chi connectivity index (χ1v) is 4.58. The molecule has 0 aromatic heterocycles. The quantitative estimate of drug-likeness (QED) is 0.464. The van der Waals surface area contributed by atoms with Crippen LogP contribution in [0, 0.1) is 0 Å². The molecule has 0 saturated carbocycles. The van der Waals surface area contributed by atoms with Crippen LogP contribution in [0.15, 0.2) is 36.1 Å². The summed E-state index contributed by atoms with van der Waals surface area (Å²) in [6.07, 6.45) is 5.60. The Kier molecular flexibility index (Phi) is 5.39. The molecule has 0 aliphatic rings. The van der Waals surface area contributed by atoms with E-state index in [2.05, 4.69) is 29.2 Å². The predicted molar refractivity (Wildman–Crippen MR) is 55.1 cm³/mol. The van der Waals surface area contributed by atoms with Gasteiger partial charge in [0.25, 0.3) is 0 Å². The zero-order chi connectivity index (χ0) is 7.98. The van der Waals surface area contributed by atoms with Crippen LogP contribution in [0.3, 0.4) is 0 Å². The van der Waals surface area contributed by atoms with E-state index < -0.39 is 0 Å². The summed E-state index contributed by atoms with van der Waals surface area (Å²) in [5.74, 6) is 0. The lowest BCUT2D eigenvalue weighted by Crippen LogP contribution is -1.98. The molecule has 0 aromatic carbocycles. The number of nitrogens with two attached hydrogens (primary N) is 1. The van der Waals surface area contributed by atoms with Crippen molar-refractivity contribution in [2.45, 2.75) is 6.92 Å². The topological polar surface area (TPSA) is 26.0 Å². The van der Waals surface area contributed by atoms with Crippen molar-refractivity contribution in [1.29, 1.82) is 0 Å². The van der Waals surface area contributed by atoms with Crippen LogP contribution in [-0.4, -0.2) is 4.43 Å². The smallest absolute Gasteiger partial charge is 0.0350 e. The van der Waals surface area contributed by atoms with Crippen LogP contribution in [0.5, 0.6) is 0 Å². The van der Waals surface area contributed by atoms with Gasteiger partial charge in [-0.15, -0.1) is 0 Å². The van der Waals surface area contributed by atoms with Crippen LogP contribution >= 0.6 is 22.6 Å². The number of halogens is 1. The fraction of sp³-hybridized carbons (Fsp3) is 0.250. The molecule has 0 amide bonds. The van der Waals surface area contributed by atoms with Gasteiger partial charge in [-0.05, 0) is 18.6 Å². The molecule has 0 aliphatic carbocycles. The van der Waals surface area contributed by atoms with E-state index in [1.54, 1.807) is 6.08 Å². The summed E-state index contributed by atoms with van der Waals surface area (Å²) in [5.41, 5.74) is 7.57. The first kappa shape index (κ1) is 9.75. The average molecular weight is 249 g/mol. The van der Waals surface area contributed by atoms with Gasteiger partial charge < -0.3 is 5.73 Å². The zero-order valence-electron chi connectivity index (χ0n) is 6.10. The van der Waals surface area contributed by atoms with Crippen LogP contribution in [0.25, 0.3) is 0 Å². The van der Waals surface area contributed by atoms with Gasteiger partial charge in [-0.25, -0.2) is 0 Å². The third-order valence-electron chi connectivity index (χ3n) is 1.11. The van der Waals surface area contributed by atoms with E-state index >= 15 is 0 Å². The number of allylic oxidation sites excluding steroid dienone is 4. The monoisotopic (exact) mass is 249 g/mol. The maximum absolute atomic E-state index is 5.67. The lowest BCUT2D eigenvalue weighted by atomic mass is 10.2. The molecule has 1 nitrogen and oxygen atoms in total. The van der Waals surface area contributed by atoms with Gasteiger partial charge in [-0.3, -0.25) is 0 Å². The van der Waals surface area contributed by atoms with Gasteiger partial charge in [0, 0.05) is 10.1 Å². The minimum absolute atomic E-state index is 0.812. The van der Waals surface area contributed by atoms with E-state index in [-0.39, 0.29) is 0 Å². The molecule has 0 fully saturated rings. The van der Waals surface area contributed by atoms with Crippen LogP contribution in [0.1, 0.15) is 6.92 Å². The number of hydrogen-bond acceptors (Lipinski definition) is 1. The van der Waals surface area contributed by atoms with E-state index in [1.807, 2.05) is 19.1 Å². The van der Waals surface area contributed by atoms with Gasteiger partial charge in [0.1, 0.15) is 0 Å². The Hall–Kier alpha value is -0.250. The second-order valence-corrected chi connectivity index (χ2v) is 2.58. The Bertz CT molecular complexity index is 168. The van der Waals surface area contributed by atoms with E-state index in [4.69, 9.17) is 5.73 Å². The highest BCUT2D eigenvalue weighted by molar-refractivity contribution is 14.1. The lowest BCUT2D eigenvalue weighted by molar-refractivity contribution is 1.34. The van der Waals surface area contributed by atoms with Crippen LogP contribution in [0.2, 0.25) is 0 Å². The van der Waals surface area contributed by atoms with Crippen molar-refractivity contribution in [3.8, 4) is 0 Å². The predicted octanol–water partition coefficient (Wildman–Crippen LogP) is 2.40. The summed E-state index contributed by atoms with van der Waals surface area (Å²) in [6, 6.07) is 0. The van der Waals surface area contributed by atoms with Crippen LogP contribution < -0.4 is 5.73 Å². The van der Waals surface area contributed by atoms with Gasteiger partial charge in [0.05, 0.1) is 0 Å². The van der Waals surface area contributed by atoms with Gasteiger partial charge in [-0.1, -0.05) is 41.3 Å². The van der Waals surface area contributed by atoms with Crippen molar-refractivity contribution in [3.63, 3.8) is 0 Å². The molecule has 0 rings (SSSR count). The second-order valence-electron chi connectivity index (χ2n) is 1.82. The first-order valence-electron chi connectivity index (χ1n) is 3.06. The summed E-state index contributed by atoms with van der Waals surface area (Å²) >= 11 is 2.26. The second kappa shape index (κ2) is 5.53. The summed E-state index contributed by atoms with van der Waals surface area (Å²) in [5, 5.41) is 0. The minimum atomic E-state index is 0.812. The normalized spacial score (nSPS) is 13.4. The van der Waals surface area contributed by atoms with E-state index in [0.717, 1.165) is 15.7 Å². The third kappa shape index (κ3) is 3.06. The zero-order valence-corrected chi connectivity index (χ0v) is 8.26. The molecule has 2 N–H and O–H groups in total. The summed E-state index contributed by atoms with van der Waals surface area (Å²) in [6.45, 7) is 5.60. The molecule has 2 heteroatoms. The molecular weight excluding hydrogens is 237 g/mol. The molecule has 0 radical (unpaired) electrons. The summed E-state index contributed by atoms with van der Waals surface area (Å²) in [4.78, 5) is 0. The van der Waals surface area contributed by atoms with Crippen LogP contribution in [0.4, 0.5) is 0 Å². The molecular formula is C8H12IN. The van der Waals surface area contributed by atoms with Gasteiger partial charge in [0.2, 0.25) is 0 Å². The van der Waals surface area contributed by atoms with Gasteiger partial charge in [0.15, 0.2) is 0 Å². The number of alkyl halides is 1. The first-order chi connectivity index (χ1) is 4.76. The summed E-state index contributed by atoms with van der Waals surface area (Å²) < 4.78 is 0.914.